The number of carbonyl (C=O) groups excluding carboxylic acids is 1. The number of nitrogens with zero attached hydrogens (tertiary/aromatic N) is 6. The predicted molar refractivity (Wildman–Crippen MR) is 165 cm³/mol. The smallest absolute Gasteiger partial charge is 0.255 e. The molecule has 2 aromatic heterocycles. The molecule has 0 bridgehead atoms. The number of anilines is 1. The van der Waals surface area contributed by atoms with Crippen molar-refractivity contribution in [1.82, 2.24) is 24.6 Å². The minimum Gasteiger partial charge on any atom is -0.354 e. The highest BCUT2D eigenvalue weighted by atomic mass is 35.5. The molecule has 0 saturated carbocycles. The van der Waals surface area contributed by atoms with E-state index in [0.29, 0.717) is 65.4 Å². The summed E-state index contributed by atoms with van der Waals surface area (Å²) in [6, 6.07) is 19.5. The summed E-state index contributed by atoms with van der Waals surface area (Å²) in [6.45, 7) is 6.37. The van der Waals surface area contributed by atoms with Crippen LogP contribution < -0.4 is 4.90 Å². The van der Waals surface area contributed by atoms with Crippen LogP contribution in [0.3, 0.4) is 0 Å². The van der Waals surface area contributed by atoms with Crippen LogP contribution in [0.2, 0.25) is 10.0 Å². The molecule has 1 aliphatic heterocycles. The lowest BCUT2D eigenvalue weighted by atomic mass is 10.1. The molecule has 214 valence electrons. The van der Waals surface area contributed by atoms with E-state index >= 15 is 0 Å². The summed E-state index contributed by atoms with van der Waals surface area (Å²) in [5, 5.41) is 6.48. The van der Waals surface area contributed by atoms with Crippen LogP contribution in [0, 0.1) is 19.7 Å². The van der Waals surface area contributed by atoms with Gasteiger partial charge in [-0.15, -0.1) is 0 Å². The van der Waals surface area contributed by atoms with Crippen LogP contribution in [0.5, 0.6) is 0 Å². The SMILES string of the molecule is Cc1ccc(Cc2nc(N3CCCN(C(=O)c4ccc(Cl)cc4Cl)CC3)c3c(C)nn(-c4ccc(F)cc4)c3n2)cc1. The van der Waals surface area contributed by atoms with E-state index in [1.165, 1.54) is 17.7 Å². The first-order chi connectivity index (χ1) is 20.3. The van der Waals surface area contributed by atoms with Crippen LogP contribution in [0.4, 0.5) is 10.2 Å². The highest BCUT2D eigenvalue weighted by molar-refractivity contribution is 6.36. The number of fused-ring (bicyclic) bond motifs is 1. The van der Waals surface area contributed by atoms with Crippen LogP contribution in [-0.4, -0.2) is 56.7 Å². The molecule has 0 N–H and O–H groups in total. The maximum atomic E-state index is 13.7. The molecule has 0 atom stereocenters. The average molecular weight is 604 g/mol. The van der Waals surface area contributed by atoms with Crippen molar-refractivity contribution in [2.75, 3.05) is 31.1 Å². The Balaban J connectivity index is 1.38. The molecule has 1 fully saturated rings. The van der Waals surface area contributed by atoms with E-state index in [1.807, 2.05) is 11.8 Å². The Labute approximate surface area is 253 Å². The van der Waals surface area contributed by atoms with Gasteiger partial charge in [0.25, 0.3) is 5.91 Å². The summed E-state index contributed by atoms with van der Waals surface area (Å²) in [5.74, 6) is 1.01. The molecule has 0 unspecified atom stereocenters. The molecule has 1 aliphatic rings. The number of halogens is 3. The van der Waals surface area contributed by atoms with Crippen molar-refractivity contribution in [3.8, 4) is 5.69 Å². The van der Waals surface area contributed by atoms with Gasteiger partial charge in [-0.3, -0.25) is 4.79 Å². The summed E-state index contributed by atoms with van der Waals surface area (Å²) >= 11 is 12.4. The lowest BCUT2D eigenvalue weighted by Crippen LogP contribution is -2.35. The fraction of sp³-hybridized carbons (Fsp3) is 0.250. The van der Waals surface area contributed by atoms with Gasteiger partial charge in [0.1, 0.15) is 17.5 Å². The average Bonchev–Trinajstić information content (AvgIpc) is 3.13. The second-order valence-electron chi connectivity index (χ2n) is 10.6. The first-order valence-corrected chi connectivity index (χ1v) is 14.6. The Kier molecular flexibility index (Phi) is 7.84. The third-order valence-corrected chi connectivity index (χ3v) is 8.08. The van der Waals surface area contributed by atoms with E-state index in [-0.39, 0.29) is 11.7 Å². The normalized spacial score (nSPS) is 13.9. The van der Waals surface area contributed by atoms with Crippen molar-refractivity contribution in [2.24, 2.45) is 0 Å². The molecule has 0 radical (unpaired) electrons. The van der Waals surface area contributed by atoms with Crippen molar-refractivity contribution in [1.29, 1.82) is 0 Å². The van der Waals surface area contributed by atoms with Gasteiger partial charge in [-0.1, -0.05) is 53.0 Å². The largest absolute Gasteiger partial charge is 0.354 e. The molecule has 1 amide bonds. The fourth-order valence-electron chi connectivity index (χ4n) is 5.33. The zero-order chi connectivity index (χ0) is 29.4. The number of amides is 1. The number of rotatable bonds is 5. The van der Waals surface area contributed by atoms with Crippen molar-refractivity contribution in [3.63, 3.8) is 0 Å². The van der Waals surface area contributed by atoms with E-state index in [2.05, 4.69) is 36.1 Å². The summed E-state index contributed by atoms with van der Waals surface area (Å²) in [5.41, 5.74) is 4.88. The van der Waals surface area contributed by atoms with Gasteiger partial charge in [0.2, 0.25) is 0 Å². The number of carbonyl (C=O) groups is 1. The molecule has 5 aromatic rings. The van der Waals surface area contributed by atoms with Crippen LogP contribution in [0.25, 0.3) is 16.7 Å². The summed E-state index contributed by atoms with van der Waals surface area (Å²) in [6.07, 6.45) is 1.30. The molecule has 0 spiro atoms. The molecular weight excluding hydrogens is 574 g/mol. The van der Waals surface area contributed by atoms with Crippen molar-refractivity contribution in [2.45, 2.75) is 26.7 Å². The number of hydrogen-bond acceptors (Lipinski definition) is 5. The highest BCUT2D eigenvalue weighted by Gasteiger charge is 2.26. The Morgan fingerprint density at radius 2 is 1.67 bits per heavy atom. The van der Waals surface area contributed by atoms with Crippen LogP contribution in [0.15, 0.2) is 66.7 Å². The third kappa shape index (κ3) is 5.69. The number of aryl methyl sites for hydroxylation is 2. The summed E-state index contributed by atoms with van der Waals surface area (Å²) in [7, 11) is 0. The molecule has 1 saturated heterocycles. The topological polar surface area (TPSA) is 67.2 Å². The van der Waals surface area contributed by atoms with Gasteiger partial charge in [-0.05, 0) is 68.3 Å². The van der Waals surface area contributed by atoms with Crippen molar-refractivity contribution >= 4 is 46.0 Å². The van der Waals surface area contributed by atoms with Gasteiger partial charge in [0.05, 0.1) is 27.4 Å². The third-order valence-electron chi connectivity index (χ3n) is 7.53. The predicted octanol–water partition coefficient (Wildman–Crippen LogP) is 6.82. The van der Waals surface area contributed by atoms with Crippen LogP contribution in [0.1, 0.15) is 39.4 Å². The minimum absolute atomic E-state index is 0.119. The van der Waals surface area contributed by atoms with Crippen LogP contribution >= 0.6 is 23.2 Å². The molecule has 6 rings (SSSR count). The highest BCUT2D eigenvalue weighted by Crippen LogP contribution is 2.31. The first kappa shape index (κ1) is 28.1. The van der Waals surface area contributed by atoms with Gasteiger partial charge in [0, 0.05) is 37.6 Å². The Bertz CT molecular complexity index is 1770. The van der Waals surface area contributed by atoms with Crippen molar-refractivity contribution in [3.05, 3.63) is 111 Å². The molecular formula is C32H29Cl2FN6O. The lowest BCUT2D eigenvalue weighted by Gasteiger charge is -2.24. The maximum Gasteiger partial charge on any atom is 0.255 e. The number of benzene rings is 3. The van der Waals surface area contributed by atoms with E-state index in [4.69, 9.17) is 38.3 Å². The Morgan fingerprint density at radius 3 is 2.40 bits per heavy atom. The Hall–Kier alpha value is -4.01. The first-order valence-electron chi connectivity index (χ1n) is 13.8. The van der Waals surface area contributed by atoms with Gasteiger partial charge < -0.3 is 9.80 Å². The quantitative estimate of drug-likeness (QED) is 0.221. The minimum atomic E-state index is -0.314. The van der Waals surface area contributed by atoms with E-state index in [9.17, 15) is 9.18 Å². The van der Waals surface area contributed by atoms with Gasteiger partial charge in [0.15, 0.2) is 5.65 Å². The summed E-state index contributed by atoms with van der Waals surface area (Å²) in [4.78, 5) is 27.5. The molecule has 0 aliphatic carbocycles. The van der Waals surface area contributed by atoms with Crippen molar-refractivity contribution < 1.29 is 9.18 Å². The fourth-order valence-corrected chi connectivity index (χ4v) is 5.82. The van der Waals surface area contributed by atoms with E-state index in [1.54, 1.807) is 35.0 Å². The second-order valence-corrected chi connectivity index (χ2v) is 11.4. The molecule has 7 nitrogen and oxygen atoms in total. The summed E-state index contributed by atoms with van der Waals surface area (Å²) < 4.78 is 15.5. The Morgan fingerprint density at radius 1 is 0.905 bits per heavy atom. The number of hydrogen-bond donors (Lipinski definition) is 0. The van der Waals surface area contributed by atoms with E-state index in [0.717, 1.165) is 28.9 Å². The zero-order valence-electron chi connectivity index (χ0n) is 23.3. The molecule has 3 aromatic carbocycles. The van der Waals surface area contributed by atoms with Gasteiger partial charge in [-0.25, -0.2) is 19.0 Å². The molecule has 3 heterocycles. The van der Waals surface area contributed by atoms with Gasteiger partial charge >= 0.3 is 0 Å². The second kappa shape index (κ2) is 11.7. The van der Waals surface area contributed by atoms with Gasteiger partial charge in [-0.2, -0.15) is 5.10 Å². The lowest BCUT2D eigenvalue weighted by molar-refractivity contribution is 0.0767. The monoisotopic (exact) mass is 602 g/mol. The maximum absolute atomic E-state index is 13.7. The zero-order valence-corrected chi connectivity index (χ0v) is 24.8. The number of aromatic nitrogens is 4. The molecule has 42 heavy (non-hydrogen) atoms. The molecule has 10 heteroatoms. The standard InChI is InChI=1S/C32H29Cl2FN6O/c1-20-4-6-22(7-5-20)18-28-36-30(29-21(2)38-41(31(29)37-28)25-11-9-24(35)10-12-25)39-14-3-15-40(17-16-39)32(42)26-13-8-23(33)19-27(26)34/h4-13,19H,3,14-18H2,1-2H3. The van der Waals surface area contributed by atoms with E-state index < -0.39 is 0 Å². The van der Waals surface area contributed by atoms with Crippen LogP contribution in [-0.2, 0) is 6.42 Å².